The normalized spacial score (nSPS) is 11.5. The van der Waals surface area contributed by atoms with Gasteiger partial charge >= 0.3 is 6.18 Å². The number of carbonyl (C=O) groups excluding carboxylic acids is 1. The number of amides is 1. The molecule has 0 atom stereocenters. The molecule has 0 radical (unpaired) electrons. The lowest BCUT2D eigenvalue weighted by molar-refractivity contribution is -0.137. The molecule has 0 bridgehead atoms. The minimum atomic E-state index is -4.44. The summed E-state index contributed by atoms with van der Waals surface area (Å²) in [5, 5.41) is 2.80. The molecule has 1 N–H and O–H groups in total. The Kier molecular flexibility index (Phi) is 4.82. The predicted octanol–water partition coefficient (Wildman–Crippen LogP) is 3.82. The summed E-state index contributed by atoms with van der Waals surface area (Å²) in [5.41, 5.74) is -0.500. The summed E-state index contributed by atoms with van der Waals surface area (Å²) in [6.45, 7) is -0.310. The lowest BCUT2D eigenvalue weighted by atomic mass is 10.2. The number of hydrogen-bond donors (Lipinski definition) is 1. The number of carbonyl (C=O) groups is 1. The van der Waals surface area contributed by atoms with Crippen LogP contribution in [0.2, 0.25) is 0 Å². The number of benzene rings is 2. The summed E-state index contributed by atoms with van der Waals surface area (Å²) in [4.78, 5) is 28.6. The minimum absolute atomic E-state index is 0.201. The van der Waals surface area contributed by atoms with E-state index < -0.39 is 17.6 Å². The zero-order valence-corrected chi connectivity index (χ0v) is 14.6. The Morgan fingerprint density at radius 3 is 2.50 bits per heavy atom. The van der Waals surface area contributed by atoms with Gasteiger partial charge in [0.1, 0.15) is 6.54 Å². The van der Waals surface area contributed by atoms with Gasteiger partial charge in [0.2, 0.25) is 5.91 Å². The first-order valence-electron chi connectivity index (χ1n) is 7.36. The SMILES string of the molecule is O=C(Cn1cnc2ccc(Br)cc2c1=O)Nc1ccc(C(F)(F)F)cc1. The van der Waals surface area contributed by atoms with Crippen LogP contribution >= 0.6 is 15.9 Å². The molecule has 3 aromatic rings. The van der Waals surface area contributed by atoms with Crippen molar-refractivity contribution in [1.29, 1.82) is 0 Å². The van der Waals surface area contributed by atoms with Crippen LogP contribution in [0.4, 0.5) is 18.9 Å². The van der Waals surface area contributed by atoms with Crippen molar-refractivity contribution >= 4 is 38.4 Å². The van der Waals surface area contributed by atoms with Gasteiger partial charge in [-0.15, -0.1) is 0 Å². The highest BCUT2D eigenvalue weighted by molar-refractivity contribution is 9.10. The number of rotatable bonds is 3. The Labute approximate surface area is 153 Å². The first kappa shape index (κ1) is 18.1. The average Bonchev–Trinajstić information content (AvgIpc) is 2.57. The van der Waals surface area contributed by atoms with Crippen LogP contribution in [0.1, 0.15) is 5.56 Å². The van der Waals surface area contributed by atoms with Crippen LogP contribution in [0.3, 0.4) is 0 Å². The van der Waals surface area contributed by atoms with Gasteiger partial charge in [-0.25, -0.2) is 4.98 Å². The third-order valence-electron chi connectivity index (χ3n) is 3.60. The van der Waals surface area contributed by atoms with Crippen LogP contribution in [0.25, 0.3) is 10.9 Å². The van der Waals surface area contributed by atoms with Crippen molar-refractivity contribution in [3.05, 3.63) is 69.2 Å². The molecule has 0 saturated heterocycles. The van der Waals surface area contributed by atoms with Gasteiger partial charge in [-0.1, -0.05) is 15.9 Å². The monoisotopic (exact) mass is 425 g/mol. The molecule has 0 fully saturated rings. The Hall–Kier alpha value is -2.68. The van der Waals surface area contributed by atoms with E-state index in [-0.39, 0.29) is 17.8 Å². The molecule has 1 heterocycles. The van der Waals surface area contributed by atoms with Crippen LogP contribution in [-0.2, 0) is 17.5 Å². The van der Waals surface area contributed by atoms with Crippen molar-refractivity contribution in [1.82, 2.24) is 9.55 Å². The number of nitrogens with one attached hydrogen (secondary N) is 1. The first-order chi connectivity index (χ1) is 12.2. The molecule has 1 aromatic heterocycles. The highest BCUT2D eigenvalue weighted by Crippen LogP contribution is 2.29. The molecule has 5 nitrogen and oxygen atoms in total. The standard InChI is InChI=1S/C17H11BrF3N3O2/c18-11-3-6-14-13(7-11)16(26)24(9-22-14)8-15(25)23-12-4-1-10(2-5-12)17(19,20)21/h1-7,9H,8H2,(H,23,25). The third kappa shape index (κ3) is 3.93. The average molecular weight is 426 g/mol. The van der Waals surface area contributed by atoms with E-state index in [1.807, 2.05) is 0 Å². The largest absolute Gasteiger partial charge is 0.416 e. The number of halogens is 4. The number of nitrogens with zero attached hydrogens (tertiary/aromatic N) is 2. The Morgan fingerprint density at radius 1 is 1.15 bits per heavy atom. The molecule has 0 aliphatic rings. The van der Waals surface area contributed by atoms with Gasteiger partial charge in [-0.05, 0) is 42.5 Å². The highest BCUT2D eigenvalue weighted by atomic mass is 79.9. The zero-order valence-electron chi connectivity index (χ0n) is 13.0. The quantitative estimate of drug-likeness (QED) is 0.693. The lowest BCUT2D eigenvalue weighted by Crippen LogP contribution is -2.27. The fourth-order valence-electron chi connectivity index (χ4n) is 2.34. The lowest BCUT2D eigenvalue weighted by Gasteiger charge is -2.10. The summed E-state index contributed by atoms with van der Waals surface area (Å²) in [7, 11) is 0. The fraction of sp³-hybridized carbons (Fsp3) is 0.118. The molecule has 26 heavy (non-hydrogen) atoms. The molecule has 2 aromatic carbocycles. The van der Waals surface area contributed by atoms with Gasteiger partial charge in [-0.3, -0.25) is 14.2 Å². The molecule has 0 aliphatic carbocycles. The first-order valence-corrected chi connectivity index (χ1v) is 8.15. The molecule has 0 aliphatic heterocycles. The maximum atomic E-state index is 12.5. The molecule has 0 unspecified atom stereocenters. The molecule has 1 amide bonds. The van der Waals surface area contributed by atoms with E-state index in [0.717, 1.165) is 28.8 Å². The number of hydrogen-bond acceptors (Lipinski definition) is 3. The number of alkyl halides is 3. The van der Waals surface area contributed by atoms with Crippen molar-refractivity contribution in [2.45, 2.75) is 12.7 Å². The Bertz CT molecular complexity index is 1030. The van der Waals surface area contributed by atoms with Gasteiger partial charge in [0.25, 0.3) is 5.56 Å². The maximum absolute atomic E-state index is 12.5. The molecule has 9 heteroatoms. The van der Waals surface area contributed by atoms with Crippen LogP contribution < -0.4 is 10.9 Å². The second kappa shape index (κ2) is 6.91. The predicted molar refractivity (Wildman–Crippen MR) is 93.8 cm³/mol. The van der Waals surface area contributed by atoms with Gasteiger partial charge in [0.05, 0.1) is 22.8 Å². The van der Waals surface area contributed by atoms with E-state index in [1.54, 1.807) is 18.2 Å². The topological polar surface area (TPSA) is 64.0 Å². The summed E-state index contributed by atoms with van der Waals surface area (Å²) in [5.74, 6) is -0.553. The summed E-state index contributed by atoms with van der Waals surface area (Å²) in [6, 6.07) is 9.07. The second-order valence-corrected chi connectivity index (χ2v) is 6.38. The smallest absolute Gasteiger partial charge is 0.325 e. The number of aromatic nitrogens is 2. The molecule has 0 spiro atoms. The summed E-state index contributed by atoms with van der Waals surface area (Å²) >= 11 is 3.27. The van der Waals surface area contributed by atoms with Crippen LogP contribution in [0.5, 0.6) is 0 Å². The van der Waals surface area contributed by atoms with Gasteiger partial charge < -0.3 is 5.32 Å². The second-order valence-electron chi connectivity index (χ2n) is 5.46. The van der Waals surface area contributed by atoms with Crippen molar-refractivity contribution < 1.29 is 18.0 Å². The number of anilines is 1. The minimum Gasteiger partial charge on any atom is -0.325 e. The van der Waals surface area contributed by atoms with Crippen molar-refractivity contribution in [3.63, 3.8) is 0 Å². The highest BCUT2D eigenvalue weighted by Gasteiger charge is 2.29. The summed E-state index contributed by atoms with van der Waals surface area (Å²) < 4.78 is 39.4. The fourth-order valence-corrected chi connectivity index (χ4v) is 2.70. The van der Waals surface area contributed by atoms with Crippen LogP contribution in [0.15, 0.2) is 58.1 Å². The zero-order chi connectivity index (χ0) is 18.9. The van der Waals surface area contributed by atoms with Crippen molar-refractivity contribution in [2.75, 3.05) is 5.32 Å². The van der Waals surface area contributed by atoms with E-state index in [1.165, 1.54) is 6.33 Å². The van der Waals surface area contributed by atoms with E-state index in [4.69, 9.17) is 0 Å². The molecular formula is C17H11BrF3N3O2. The van der Waals surface area contributed by atoms with E-state index in [0.29, 0.717) is 15.4 Å². The van der Waals surface area contributed by atoms with Crippen molar-refractivity contribution in [3.8, 4) is 0 Å². The summed E-state index contributed by atoms with van der Waals surface area (Å²) in [6.07, 6.45) is -3.19. The third-order valence-corrected chi connectivity index (χ3v) is 4.09. The van der Waals surface area contributed by atoms with E-state index in [9.17, 15) is 22.8 Å². The number of fused-ring (bicyclic) bond motifs is 1. The Morgan fingerprint density at radius 2 is 1.85 bits per heavy atom. The Balaban J connectivity index is 1.77. The van der Waals surface area contributed by atoms with E-state index >= 15 is 0 Å². The molecular weight excluding hydrogens is 415 g/mol. The van der Waals surface area contributed by atoms with Gasteiger partial charge in [0, 0.05) is 10.2 Å². The van der Waals surface area contributed by atoms with Crippen LogP contribution in [0, 0.1) is 0 Å². The van der Waals surface area contributed by atoms with Crippen molar-refractivity contribution in [2.24, 2.45) is 0 Å². The molecule has 134 valence electrons. The molecule has 3 rings (SSSR count). The van der Waals surface area contributed by atoms with Crippen LogP contribution in [-0.4, -0.2) is 15.5 Å². The van der Waals surface area contributed by atoms with E-state index in [2.05, 4.69) is 26.2 Å². The van der Waals surface area contributed by atoms with Gasteiger partial charge in [0.15, 0.2) is 0 Å². The maximum Gasteiger partial charge on any atom is 0.416 e. The van der Waals surface area contributed by atoms with Gasteiger partial charge in [-0.2, -0.15) is 13.2 Å². The molecule has 0 saturated carbocycles.